The van der Waals surface area contributed by atoms with Crippen molar-refractivity contribution in [3.8, 4) is 11.1 Å². The first-order valence-corrected chi connectivity index (χ1v) is 14.7. The Bertz CT molecular complexity index is 1660. The van der Waals surface area contributed by atoms with Gasteiger partial charge in [0.25, 0.3) is 5.91 Å². The number of ether oxygens (including phenoxy) is 1. The maximum atomic E-state index is 13.0. The lowest BCUT2D eigenvalue weighted by atomic mass is 9.98. The second kappa shape index (κ2) is 13.0. The number of nitrogens with one attached hydrogen (secondary N) is 1. The van der Waals surface area contributed by atoms with Crippen LogP contribution in [0.1, 0.15) is 64.6 Å². The van der Waals surface area contributed by atoms with Crippen LogP contribution in [-0.2, 0) is 11.3 Å². The minimum Gasteiger partial charge on any atom is -0.462 e. The van der Waals surface area contributed by atoms with Gasteiger partial charge in [-0.1, -0.05) is 83.9 Å². The summed E-state index contributed by atoms with van der Waals surface area (Å²) >= 11 is 3.45. The third-order valence-corrected chi connectivity index (χ3v) is 7.78. The molecule has 5 aromatic rings. The van der Waals surface area contributed by atoms with Crippen molar-refractivity contribution in [1.29, 1.82) is 0 Å². The van der Waals surface area contributed by atoms with Crippen LogP contribution < -0.4 is 5.32 Å². The molecule has 5 nitrogen and oxygen atoms in total. The Hall–Kier alpha value is -4.16. The minimum absolute atomic E-state index is 0.0971. The number of amides is 1. The number of unbranched alkanes of at least 4 members (excludes halogenated alkanes) is 1. The number of hydrogen-bond acceptors (Lipinski definition) is 3. The van der Waals surface area contributed by atoms with Crippen LogP contribution in [0.25, 0.3) is 22.0 Å². The number of rotatable bonds is 10. The number of fused-ring (bicyclic) bond motifs is 1. The highest BCUT2D eigenvalue weighted by atomic mass is 79.9. The van der Waals surface area contributed by atoms with E-state index in [0.717, 1.165) is 50.5 Å². The second-order valence-corrected chi connectivity index (χ2v) is 11.1. The Kier molecular flexibility index (Phi) is 9.00. The zero-order valence-electron chi connectivity index (χ0n) is 23.3. The molecule has 4 aromatic carbocycles. The fourth-order valence-corrected chi connectivity index (χ4v) is 5.14. The zero-order chi connectivity index (χ0) is 28.8. The van der Waals surface area contributed by atoms with E-state index in [-0.39, 0.29) is 17.9 Å². The lowest BCUT2D eigenvalue weighted by Crippen LogP contribution is -2.26. The molecule has 0 aliphatic heterocycles. The Morgan fingerprint density at radius 1 is 0.927 bits per heavy atom. The van der Waals surface area contributed by atoms with Gasteiger partial charge in [0.15, 0.2) is 0 Å². The molecule has 5 rings (SSSR count). The summed E-state index contributed by atoms with van der Waals surface area (Å²) in [6, 6.07) is 31.6. The number of nitrogens with zero attached hydrogens (tertiary/aromatic N) is 1. The van der Waals surface area contributed by atoms with Gasteiger partial charge in [-0.15, -0.1) is 0 Å². The minimum atomic E-state index is -0.284. The lowest BCUT2D eigenvalue weighted by Gasteiger charge is -2.15. The van der Waals surface area contributed by atoms with E-state index in [1.807, 2.05) is 98.0 Å². The normalized spacial score (nSPS) is 11.8. The monoisotopic (exact) mass is 608 g/mol. The molecule has 41 heavy (non-hydrogen) atoms. The van der Waals surface area contributed by atoms with Gasteiger partial charge < -0.3 is 14.6 Å². The number of esters is 1. The molecule has 1 atom stereocenters. The first kappa shape index (κ1) is 28.4. The summed E-state index contributed by atoms with van der Waals surface area (Å²) in [5.41, 5.74) is 6.31. The predicted molar refractivity (Wildman–Crippen MR) is 168 cm³/mol. The molecule has 6 heteroatoms. The maximum Gasteiger partial charge on any atom is 0.338 e. The molecule has 0 saturated heterocycles. The van der Waals surface area contributed by atoms with Crippen LogP contribution in [0.5, 0.6) is 0 Å². The number of benzene rings is 4. The van der Waals surface area contributed by atoms with Crippen LogP contribution in [-0.4, -0.2) is 23.1 Å². The summed E-state index contributed by atoms with van der Waals surface area (Å²) in [6.07, 6.45) is 3.89. The van der Waals surface area contributed by atoms with E-state index in [2.05, 4.69) is 44.9 Å². The fraction of sp³-hybridized carbons (Fsp3) is 0.200. The number of aromatic nitrogens is 1. The maximum absolute atomic E-state index is 13.0. The molecule has 1 aromatic heterocycles. The SMILES string of the molecule is CCCCOC(=O)c1ccccc1-c1ccc(Cn2ccc3cc(C(=O)N[C@@H](C)c4ccc(Br)cc4)ccc32)cc1. The van der Waals surface area contributed by atoms with Crippen molar-refractivity contribution in [1.82, 2.24) is 9.88 Å². The molecule has 1 N–H and O–H groups in total. The predicted octanol–water partition coefficient (Wildman–Crippen LogP) is 8.57. The summed E-state index contributed by atoms with van der Waals surface area (Å²) in [6.45, 7) is 5.18. The smallest absolute Gasteiger partial charge is 0.338 e. The molecule has 0 bridgehead atoms. The lowest BCUT2D eigenvalue weighted by molar-refractivity contribution is 0.0500. The highest BCUT2D eigenvalue weighted by molar-refractivity contribution is 9.10. The highest BCUT2D eigenvalue weighted by Crippen LogP contribution is 2.26. The van der Waals surface area contributed by atoms with Crippen LogP contribution in [0.2, 0.25) is 0 Å². The fourth-order valence-electron chi connectivity index (χ4n) is 4.88. The molecule has 0 fully saturated rings. The summed E-state index contributed by atoms with van der Waals surface area (Å²) in [7, 11) is 0. The van der Waals surface area contributed by atoms with Gasteiger partial charge in [-0.2, -0.15) is 0 Å². The Morgan fingerprint density at radius 2 is 1.68 bits per heavy atom. The largest absolute Gasteiger partial charge is 0.462 e. The molecular formula is C35H33BrN2O3. The molecular weight excluding hydrogens is 576 g/mol. The van der Waals surface area contributed by atoms with Gasteiger partial charge in [-0.3, -0.25) is 4.79 Å². The second-order valence-electron chi connectivity index (χ2n) is 10.2. The quantitative estimate of drug-likeness (QED) is 0.128. The summed E-state index contributed by atoms with van der Waals surface area (Å²) < 4.78 is 8.65. The molecule has 0 aliphatic carbocycles. The van der Waals surface area contributed by atoms with Crippen LogP contribution in [0, 0.1) is 0 Å². The average Bonchev–Trinajstić information content (AvgIpc) is 3.39. The standard InChI is InChI=1S/C35H33BrN2O3/c1-3-4-21-41-35(40)32-8-6-5-7-31(32)27-11-9-25(10-12-27)23-38-20-19-28-22-29(15-18-33(28)38)34(39)37-24(2)26-13-16-30(36)17-14-26/h5-20,22,24H,3-4,21,23H2,1-2H3,(H,37,39)/t24-/m0/s1. The van der Waals surface area contributed by atoms with Gasteiger partial charge in [-0.25, -0.2) is 4.79 Å². The number of hydrogen-bond donors (Lipinski definition) is 1. The number of carbonyl (C=O) groups is 2. The van der Waals surface area contributed by atoms with E-state index in [4.69, 9.17) is 4.74 Å². The topological polar surface area (TPSA) is 60.3 Å². The molecule has 0 radical (unpaired) electrons. The van der Waals surface area contributed by atoms with Crippen molar-refractivity contribution in [2.75, 3.05) is 6.61 Å². The third-order valence-electron chi connectivity index (χ3n) is 7.25. The van der Waals surface area contributed by atoms with Crippen molar-refractivity contribution in [3.63, 3.8) is 0 Å². The van der Waals surface area contributed by atoms with Gasteiger partial charge in [-0.05, 0) is 78.1 Å². The molecule has 1 heterocycles. The van der Waals surface area contributed by atoms with Crippen LogP contribution in [0.15, 0.2) is 108 Å². The van der Waals surface area contributed by atoms with Gasteiger partial charge in [0.1, 0.15) is 0 Å². The van der Waals surface area contributed by atoms with Crippen LogP contribution in [0.3, 0.4) is 0 Å². The van der Waals surface area contributed by atoms with Crippen molar-refractivity contribution < 1.29 is 14.3 Å². The van der Waals surface area contributed by atoms with E-state index < -0.39 is 0 Å². The van der Waals surface area contributed by atoms with Gasteiger partial charge in [0, 0.05) is 33.7 Å². The van der Waals surface area contributed by atoms with Gasteiger partial charge in [0.2, 0.25) is 0 Å². The summed E-state index contributed by atoms with van der Waals surface area (Å²) in [4.78, 5) is 25.6. The molecule has 0 saturated carbocycles. The van der Waals surface area contributed by atoms with Crippen molar-refractivity contribution in [3.05, 3.63) is 130 Å². The average molecular weight is 610 g/mol. The van der Waals surface area contributed by atoms with Gasteiger partial charge in [0.05, 0.1) is 18.2 Å². The highest BCUT2D eigenvalue weighted by Gasteiger charge is 2.15. The summed E-state index contributed by atoms with van der Waals surface area (Å²) in [5, 5.41) is 4.11. The Labute approximate surface area is 249 Å². The molecule has 1 amide bonds. The van der Waals surface area contributed by atoms with E-state index in [9.17, 15) is 9.59 Å². The number of carbonyl (C=O) groups excluding carboxylic acids is 2. The zero-order valence-corrected chi connectivity index (χ0v) is 24.9. The van der Waals surface area contributed by atoms with Crippen LogP contribution >= 0.6 is 15.9 Å². The van der Waals surface area contributed by atoms with E-state index in [0.29, 0.717) is 24.3 Å². The first-order chi connectivity index (χ1) is 19.9. The van der Waals surface area contributed by atoms with E-state index in [1.165, 1.54) is 0 Å². The van der Waals surface area contributed by atoms with Gasteiger partial charge >= 0.3 is 5.97 Å². The Morgan fingerprint density at radius 3 is 2.44 bits per heavy atom. The molecule has 0 spiro atoms. The van der Waals surface area contributed by atoms with Crippen LogP contribution in [0.4, 0.5) is 0 Å². The third kappa shape index (κ3) is 6.77. The first-order valence-electron chi connectivity index (χ1n) is 13.9. The molecule has 0 aliphatic rings. The van der Waals surface area contributed by atoms with E-state index >= 15 is 0 Å². The van der Waals surface area contributed by atoms with Crippen molar-refractivity contribution >= 4 is 38.7 Å². The number of halogens is 1. The summed E-state index contributed by atoms with van der Waals surface area (Å²) in [5.74, 6) is -0.382. The molecule has 0 unspecified atom stereocenters. The van der Waals surface area contributed by atoms with Crippen molar-refractivity contribution in [2.45, 2.75) is 39.3 Å². The van der Waals surface area contributed by atoms with Crippen molar-refractivity contribution in [2.24, 2.45) is 0 Å². The Balaban J connectivity index is 1.27. The molecule has 208 valence electrons. The van der Waals surface area contributed by atoms with E-state index in [1.54, 1.807) is 0 Å².